The van der Waals surface area contributed by atoms with Crippen LogP contribution in [0.2, 0.25) is 0 Å². The molecule has 1 heterocycles. The van der Waals surface area contributed by atoms with Gasteiger partial charge in [0, 0.05) is 30.5 Å². The normalized spacial score (nSPS) is 10.4. The lowest BCUT2D eigenvalue weighted by molar-refractivity contribution is -0.385. The number of rotatable bonds is 6. The molecule has 10 heteroatoms. The van der Waals surface area contributed by atoms with Crippen molar-refractivity contribution in [2.45, 2.75) is 6.61 Å². The molecule has 3 aromatic rings. The quantitative estimate of drug-likeness (QED) is 0.371. The average Bonchev–Trinajstić information content (AvgIpc) is 3.17. The predicted molar refractivity (Wildman–Crippen MR) is 92.4 cm³/mol. The van der Waals surface area contributed by atoms with E-state index in [-0.39, 0.29) is 23.7 Å². The van der Waals surface area contributed by atoms with Crippen molar-refractivity contribution in [2.24, 2.45) is 0 Å². The number of non-ortho nitro benzene ring substituents is 2. The molecular weight excluding hydrogens is 356 g/mol. The number of carbonyl (C=O) groups excluding carboxylic acids is 1. The number of carbonyl (C=O) groups is 1. The van der Waals surface area contributed by atoms with Gasteiger partial charge in [0.1, 0.15) is 6.61 Å². The first kappa shape index (κ1) is 17.7. The van der Waals surface area contributed by atoms with Gasteiger partial charge in [-0.1, -0.05) is 6.07 Å². The fourth-order valence-electron chi connectivity index (χ4n) is 2.26. The monoisotopic (exact) mass is 368 g/mol. The lowest BCUT2D eigenvalue weighted by Gasteiger charge is -2.03. The summed E-state index contributed by atoms with van der Waals surface area (Å²) in [4.78, 5) is 32.5. The van der Waals surface area contributed by atoms with Crippen molar-refractivity contribution in [3.63, 3.8) is 0 Å². The molecule has 0 atom stereocenters. The summed E-state index contributed by atoms with van der Waals surface area (Å²) >= 11 is 0. The Bertz CT molecular complexity index is 1010. The Morgan fingerprint density at radius 2 is 1.70 bits per heavy atom. The molecule has 136 valence electrons. The van der Waals surface area contributed by atoms with Crippen LogP contribution in [0.5, 0.6) is 0 Å². The first-order chi connectivity index (χ1) is 12.9. The number of aromatic nitrogens is 2. The van der Waals surface area contributed by atoms with Crippen molar-refractivity contribution in [1.29, 1.82) is 0 Å². The first-order valence-electron chi connectivity index (χ1n) is 7.65. The van der Waals surface area contributed by atoms with Gasteiger partial charge >= 0.3 is 5.97 Å². The smallest absolute Gasteiger partial charge is 0.359 e. The lowest BCUT2D eigenvalue weighted by Crippen LogP contribution is -2.07. The van der Waals surface area contributed by atoms with Gasteiger partial charge in [0.2, 0.25) is 0 Å². The molecule has 0 radical (unpaired) electrons. The molecule has 0 aliphatic heterocycles. The van der Waals surface area contributed by atoms with Crippen molar-refractivity contribution in [3.8, 4) is 5.69 Å². The van der Waals surface area contributed by atoms with Crippen LogP contribution in [0.25, 0.3) is 5.69 Å². The van der Waals surface area contributed by atoms with Crippen LogP contribution in [0.4, 0.5) is 11.4 Å². The van der Waals surface area contributed by atoms with E-state index in [1.165, 1.54) is 59.4 Å². The summed E-state index contributed by atoms with van der Waals surface area (Å²) in [5, 5.41) is 25.5. The standard InChI is InChI=1S/C17H12N4O6/c22-17(27-11-12-4-6-13(7-5-12)20(23)24)16-8-9-19(18-16)14-2-1-3-15(10-14)21(25)26/h1-10H,11H2. The van der Waals surface area contributed by atoms with E-state index in [1.807, 2.05) is 0 Å². The molecule has 1 aromatic heterocycles. The second-order valence-electron chi connectivity index (χ2n) is 5.42. The van der Waals surface area contributed by atoms with E-state index in [1.54, 1.807) is 6.07 Å². The van der Waals surface area contributed by atoms with Gasteiger partial charge in [0.05, 0.1) is 15.5 Å². The Balaban J connectivity index is 1.67. The van der Waals surface area contributed by atoms with Gasteiger partial charge in [-0.2, -0.15) is 5.10 Å². The van der Waals surface area contributed by atoms with Crippen LogP contribution in [-0.4, -0.2) is 25.6 Å². The molecule has 0 fully saturated rings. The molecule has 0 N–H and O–H groups in total. The topological polar surface area (TPSA) is 130 Å². The van der Waals surface area contributed by atoms with Crippen molar-refractivity contribution < 1.29 is 19.4 Å². The number of nitro benzene ring substituents is 2. The molecule has 10 nitrogen and oxygen atoms in total. The summed E-state index contributed by atoms with van der Waals surface area (Å²) in [6, 6.07) is 12.9. The van der Waals surface area contributed by atoms with Gasteiger partial charge in [-0.3, -0.25) is 20.2 Å². The van der Waals surface area contributed by atoms with Crippen LogP contribution < -0.4 is 0 Å². The second kappa shape index (κ2) is 7.44. The van der Waals surface area contributed by atoms with E-state index >= 15 is 0 Å². The fraction of sp³-hybridized carbons (Fsp3) is 0.0588. The number of hydrogen-bond donors (Lipinski definition) is 0. The number of esters is 1. The van der Waals surface area contributed by atoms with Gasteiger partial charge in [0.25, 0.3) is 11.4 Å². The molecule has 0 amide bonds. The zero-order valence-corrected chi connectivity index (χ0v) is 13.7. The maximum atomic E-state index is 12.1. The maximum Gasteiger partial charge on any atom is 0.359 e. The lowest BCUT2D eigenvalue weighted by atomic mass is 10.2. The van der Waals surface area contributed by atoms with Crippen LogP contribution in [0.15, 0.2) is 60.8 Å². The van der Waals surface area contributed by atoms with E-state index in [2.05, 4.69) is 5.10 Å². The molecule has 0 saturated heterocycles. The summed E-state index contributed by atoms with van der Waals surface area (Å²) in [7, 11) is 0. The van der Waals surface area contributed by atoms with Gasteiger partial charge in [-0.15, -0.1) is 0 Å². The Labute approximate surface area is 151 Å². The zero-order chi connectivity index (χ0) is 19.4. The Kier molecular flexibility index (Phi) is 4.88. The van der Waals surface area contributed by atoms with E-state index < -0.39 is 15.8 Å². The minimum Gasteiger partial charge on any atom is -0.456 e. The second-order valence-corrected chi connectivity index (χ2v) is 5.42. The van der Waals surface area contributed by atoms with Crippen LogP contribution in [0.3, 0.4) is 0 Å². The highest BCUT2D eigenvalue weighted by atomic mass is 16.6. The molecule has 0 bridgehead atoms. The van der Waals surface area contributed by atoms with Crippen molar-refractivity contribution in [2.75, 3.05) is 0 Å². The van der Waals surface area contributed by atoms with E-state index in [0.29, 0.717) is 11.3 Å². The predicted octanol–water partition coefficient (Wildman–Crippen LogP) is 3.05. The third-order valence-electron chi connectivity index (χ3n) is 3.62. The summed E-state index contributed by atoms with van der Waals surface area (Å²) < 4.78 is 6.46. The van der Waals surface area contributed by atoms with Crippen LogP contribution in [0, 0.1) is 20.2 Å². The summed E-state index contributed by atoms with van der Waals surface area (Å²) in [5.41, 5.74) is 0.903. The van der Waals surface area contributed by atoms with Gasteiger partial charge in [-0.25, -0.2) is 9.48 Å². The minimum absolute atomic E-state index is 0.0309. The van der Waals surface area contributed by atoms with Crippen molar-refractivity contribution in [1.82, 2.24) is 9.78 Å². The van der Waals surface area contributed by atoms with E-state index in [4.69, 9.17) is 4.74 Å². The molecular formula is C17H12N4O6. The Morgan fingerprint density at radius 1 is 1.00 bits per heavy atom. The molecule has 3 rings (SSSR count). The molecule has 2 aromatic carbocycles. The fourth-order valence-corrected chi connectivity index (χ4v) is 2.26. The molecule has 0 aliphatic carbocycles. The van der Waals surface area contributed by atoms with E-state index in [0.717, 1.165) is 0 Å². The summed E-state index contributed by atoms with van der Waals surface area (Å²) in [5.74, 6) is -0.683. The summed E-state index contributed by atoms with van der Waals surface area (Å²) in [6.45, 7) is -0.0690. The Hall–Kier alpha value is -4.08. The number of nitro groups is 2. The number of benzene rings is 2. The van der Waals surface area contributed by atoms with Crippen molar-refractivity contribution >= 4 is 17.3 Å². The highest BCUT2D eigenvalue weighted by Gasteiger charge is 2.14. The molecule has 0 unspecified atom stereocenters. The van der Waals surface area contributed by atoms with Crippen LogP contribution in [0.1, 0.15) is 16.1 Å². The highest BCUT2D eigenvalue weighted by molar-refractivity contribution is 5.87. The zero-order valence-electron chi connectivity index (χ0n) is 13.7. The van der Waals surface area contributed by atoms with Crippen LogP contribution in [-0.2, 0) is 11.3 Å². The summed E-state index contributed by atoms with van der Waals surface area (Å²) in [6.07, 6.45) is 1.49. The number of hydrogen-bond acceptors (Lipinski definition) is 7. The highest BCUT2D eigenvalue weighted by Crippen LogP contribution is 2.17. The molecule has 27 heavy (non-hydrogen) atoms. The Morgan fingerprint density at radius 3 is 2.37 bits per heavy atom. The van der Waals surface area contributed by atoms with Gasteiger partial charge in [-0.05, 0) is 29.8 Å². The van der Waals surface area contributed by atoms with Gasteiger partial charge in [0.15, 0.2) is 5.69 Å². The van der Waals surface area contributed by atoms with Gasteiger partial charge < -0.3 is 4.74 Å². The first-order valence-corrected chi connectivity index (χ1v) is 7.65. The third kappa shape index (κ3) is 4.12. The molecule has 0 spiro atoms. The number of ether oxygens (including phenoxy) is 1. The van der Waals surface area contributed by atoms with Crippen molar-refractivity contribution in [3.05, 3.63) is 92.3 Å². The van der Waals surface area contributed by atoms with E-state index in [9.17, 15) is 25.0 Å². The molecule has 0 saturated carbocycles. The third-order valence-corrected chi connectivity index (χ3v) is 3.62. The maximum absolute atomic E-state index is 12.1. The minimum atomic E-state index is -0.683. The average molecular weight is 368 g/mol. The number of nitrogens with zero attached hydrogens (tertiary/aromatic N) is 4. The largest absolute Gasteiger partial charge is 0.456 e. The molecule has 0 aliphatic rings. The van der Waals surface area contributed by atoms with Crippen LogP contribution >= 0.6 is 0 Å². The SMILES string of the molecule is O=C(OCc1ccc([N+](=O)[O-])cc1)c1ccn(-c2cccc([N+](=O)[O-])c2)n1.